The third-order valence-electron chi connectivity index (χ3n) is 5.17. The summed E-state index contributed by atoms with van der Waals surface area (Å²) in [6.45, 7) is 9.62. The summed E-state index contributed by atoms with van der Waals surface area (Å²) in [6.07, 6.45) is 1.89. The number of nitrogens with zero attached hydrogens (tertiary/aromatic N) is 1. The summed E-state index contributed by atoms with van der Waals surface area (Å²) in [5, 5.41) is 3.91. The largest absolute Gasteiger partial charge is 0.493 e. The zero-order chi connectivity index (χ0) is 21.5. The van der Waals surface area contributed by atoms with Gasteiger partial charge in [0.25, 0.3) is 0 Å². The molecule has 0 aliphatic heterocycles. The number of ether oxygens (including phenoxy) is 2. The van der Waals surface area contributed by atoms with E-state index in [4.69, 9.17) is 13.9 Å². The van der Waals surface area contributed by atoms with Crippen LogP contribution in [0.3, 0.4) is 0 Å². The molecule has 0 bridgehead atoms. The van der Waals surface area contributed by atoms with Gasteiger partial charge in [-0.1, -0.05) is 26.0 Å². The number of amides is 1. The number of carbonyl (C=O) groups is 1. The number of likely N-dealkylation sites (N-methyl/N-ethyl adjacent to an activating group) is 1. The first-order valence-electron chi connectivity index (χ1n) is 10.3. The minimum Gasteiger partial charge on any atom is -0.493 e. The van der Waals surface area contributed by atoms with Crippen LogP contribution in [0.5, 0.6) is 11.5 Å². The zero-order valence-corrected chi connectivity index (χ0v) is 18.2. The molecule has 3 rings (SSSR count). The Balaban J connectivity index is 1.65. The zero-order valence-electron chi connectivity index (χ0n) is 18.2. The van der Waals surface area contributed by atoms with E-state index in [0.29, 0.717) is 23.8 Å². The molecular weight excluding hydrogens is 380 g/mol. The van der Waals surface area contributed by atoms with Gasteiger partial charge in [0.15, 0.2) is 11.5 Å². The van der Waals surface area contributed by atoms with Crippen LogP contribution < -0.4 is 14.8 Å². The normalized spacial score (nSPS) is 11.1. The summed E-state index contributed by atoms with van der Waals surface area (Å²) in [6, 6.07) is 11.4. The molecule has 0 spiro atoms. The number of carbonyl (C=O) groups excluding carboxylic acids is 1. The Labute approximate surface area is 177 Å². The van der Waals surface area contributed by atoms with Gasteiger partial charge in [-0.15, -0.1) is 0 Å². The van der Waals surface area contributed by atoms with Crippen LogP contribution in [0.25, 0.3) is 11.0 Å². The molecule has 0 saturated carbocycles. The van der Waals surface area contributed by atoms with Crippen molar-refractivity contribution >= 4 is 22.6 Å². The molecule has 3 aromatic rings. The summed E-state index contributed by atoms with van der Waals surface area (Å²) in [4.78, 5) is 14.9. The standard InChI is InChI=1S/C24H30N2O4/c1-5-26(6-2)11-12-29-23-15-19(8-10-21(23)28-4)25-24(27)14-18-16-30-22-13-17(3)7-9-20(18)22/h7-10,13,15-16H,5-6,11-12,14H2,1-4H3,(H,25,27). The highest BCUT2D eigenvalue weighted by Crippen LogP contribution is 2.30. The van der Waals surface area contributed by atoms with E-state index in [2.05, 4.69) is 24.1 Å². The van der Waals surface area contributed by atoms with Gasteiger partial charge in [-0.25, -0.2) is 0 Å². The topological polar surface area (TPSA) is 63.9 Å². The van der Waals surface area contributed by atoms with Crippen LogP contribution in [-0.2, 0) is 11.2 Å². The van der Waals surface area contributed by atoms with E-state index in [0.717, 1.165) is 41.7 Å². The molecule has 1 amide bonds. The van der Waals surface area contributed by atoms with Crippen molar-refractivity contribution in [2.45, 2.75) is 27.2 Å². The van der Waals surface area contributed by atoms with Crippen molar-refractivity contribution in [2.24, 2.45) is 0 Å². The predicted octanol–water partition coefficient (Wildman–Crippen LogP) is 4.65. The molecule has 0 radical (unpaired) electrons. The van der Waals surface area contributed by atoms with Gasteiger partial charge in [0.05, 0.1) is 19.8 Å². The monoisotopic (exact) mass is 410 g/mol. The second kappa shape index (κ2) is 10.2. The van der Waals surface area contributed by atoms with Crippen molar-refractivity contribution in [1.29, 1.82) is 0 Å². The summed E-state index contributed by atoms with van der Waals surface area (Å²) < 4.78 is 16.9. The molecule has 0 aliphatic rings. The number of fused-ring (bicyclic) bond motifs is 1. The fourth-order valence-corrected chi connectivity index (χ4v) is 3.40. The molecular formula is C24H30N2O4. The smallest absolute Gasteiger partial charge is 0.228 e. The molecule has 1 aromatic heterocycles. The fraction of sp³-hybridized carbons (Fsp3) is 0.375. The van der Waals surface area contributed by atoms with E-state index in [9.17, 15) is 4.79 Å². The number of aryl methyl sites for hydroxylation is 1. The van der Waals surface area contributed by atoms with Crippen molar-refractivity contribution in [3.63, 3.8) is 0 Å². The summed E-state index contributed by atoms with van der Waals surface area (Å²) in [5.41, 5.74) is 3.46. The fourth-order valence-electron chi connectivity index (χ4n) is 3.40. The van der Waals surface area contributed by atoms with Crippen LogP contribution in [0, 0.1) is 6.92 Å². The average Bonchev–Trinajstić information content (AvgIpc) is 3.13. The number of nitrogens with one attached hydrogen (secondary N) is 1. The summed E-state index contributed by atoms with van der Waals surface area (Å²) in [7, 11) is 1.61. The Morgan fingerprint density at radius 3 is 2.63 bits per heavy atom. The van der Waals surface area contributed by atoms with Gasteiger partial charge in [0.2, 0.25) is 5.91 Å². The molecule has 1 heterocycles. The second-order valence-corrected chi connectivity index (χ2v) is 7.23. The van der Waals surface area contributed by atoms with Crippen LogP contribution >= 0.6 is 0 Å². The minimum atomic E-state index is -0.113. The van der Waals surface area contributed by atoms with Crippen LogP contribution in [-0.4, -0.2) is 44.2 Å². The van der Waals surface area contributed by atoms with E-state index in [1.54, 1.807) is 25.5 Å². The van der Waals surface area contributed by atoms with Gasteiger partial charge in [-0.2, -0.15) is 0 Å². The molecule has 0 saturated heterocycles. The molecule has 6 nitrogen and oxygen atoms in total. The number of methoxy groups -OCH3 is 1. The maximum absolute atomic E-state index is 12.6. The molecule has 1 N–H and O–H groups in total. The Morgan fingerprint density at radius 2 is 1.90 bits per heavy atom. The Hall–Kier alpha value is -2.99. The van der Waals surface area contributed by atoms with Crippen molar-refractivity contribution in [3.8, 4) is 11.5 Å². The first kappa shape index (κ1) is 21.7. The van der Waals surface area contributed by atoms with Gasteiger partial charge in [-0.05, 0) is 43.8 Å². The molecule has 0 unspecified atom stereocenters. The highest BCUT2D eigenvalue weighted by atomic mass is 16.5. The lowest BCUT2D eigenvalue weighted by Crippen LogP contribution is -2.28. The number of hydrogen-bond donors (Lipinski definition) is 1. The Bertz CT molecular complexity index is 992. The number of anilines is 1. The lowest BCUT2D eigenvalue weighted by atomic mass is 10.1. The van der Waals surface area contributed by atoms with Gasteiger partial charge < -0.3 is 24.1 Å². The third kappa shape index (κ3) is 5.33. The number of rotatable bonds is 10. The number of furan rings is 1. The van der Waals surface area contributed by atoms with E-state index in [1.807, 2.05) is 31.2 Å². The third-order valence-corrected chi connectivity index (χ3v) is 5.17. The maximum Gasteiger partial charge on any atom is 0.228 e. The first-order chi connectivity index (χ1) is 14.5. The average molecular weight is 411 g/mol. The Morgan fingerprint density at radius 1 is 1.10 bits per heavy atom. The number of benzene rings is 2. The van der Waals surface area contributed by atoms with E-state index < -0.39 is 0 Å². The van der Waals surface area contributed by atoms with Crippen molar-refractivity contribution in [2.75, 3.05) is 38.7 Å². The lowest BCUT2D eigenvalue weighted by molar-refractivity contribution is -0.115. The SMILES string of the molecule is CCN(CC)CCOc1cc(NC(=O)Cc2coc3cc(C)ccc23)ccc1OC. The predicted molar refractivity (Wildman–Crippen MR) is 120 cm³/mol. The first-order valence-corrected chi connectivity index (χ1v) is 10.3. The van der Waals surface area contributed by atoms with Crippen molar-refractivity contribution in [3.05, 3.63) is 53.8 Å². The van der Waals surface area contributed by atoms with Crippen LogP contribution in [0.4, 0.5) is 5.69 Å². The molecule has 0 aliphatic carbocycles. The van der Waals surface area contributed by atoms with Gasteiger partial charge in [0.1, 0.15) is 12.2 Å². The lowest BCUT2D eigenvalue weighted by Gasteiger charge is -2.19. The minimum absolute atomic E-state index is 0.113. The molecule has 6 heteroatoms. The molecule has 2 aromatic carbocycles. The quantitative estimate of drug-likeness (QED) is 0.527. The molecule has 160 valence electrons. The van der Waals surface area contributed by atoms with E-state index in [-0.39, 0.29) is 12.3 Å². The van der Waals surface area contributed by atoms with E-state index >= 15 is 0 Å². The van der Waals surface area contributed by atoms with Gasteiger partial charge in [0, 0.05) is 29.2 Å². The molecule has 30 heavy (non-hydrogen) atoms. The second-order valence-electron chi connectivity index (χ2n) is 7.23. The maximum atomic E-state index is 12.6. The summed E-state index contributed by atoms with van der Waals surface area (Å²) >= 11 is 0. The summed E-state index contributed by atoms with van der Waals surface area (Å²) in [5.74, 6) is 1.15. The number of hydrogen-bond acceptors (Lipinski definition) is 5. The van der Waals surface area contributed by atoms with Crippen molar-refractivity contribution in [1.82, 2.24) is 4.90 Å². The molecule has 0 atom stereocenters. The van der Waals surface area contributed by atoms with Crippen molar-refractivity contribution < 1.29 is 18.7 Å². The van der Waals surface area contributed by atoms with Gasteiger partial charge >= 0.3 is 0 Å². The van der Waals surface area contributed by atoms with Crippen LogP contribution in [0.1, 0.15) is 25.0 Å². The van der Waals surface area contributed by atoms with Crippen LogP contribution in [0.15, 0.2) is 47.1 Å². The van der Waals surface area contributed by atoms with Gasteiger partial charge in [-0.3, -0.25) is 4.79 Å². The van der Waals surface area contributed by atoms with Crippen LogP contribution in [0.2, 0.25) is 0 Å². The molecule has 0 fully saturated rings. The Kier molecular flexibility index (Phi) is 7.36. The highest BCUT2D eigenvalue weighted by Gasteiger charge is 2.13. The van der Waals surface area contributed by atoms with E-state index in [1.165, 1.54) is 0 Å². The highest BCUT2D eigenvalue weighted by molar-refractivity contribution is 5.95.